The SMILES string of the molecule is CNCC(O)CN1C(=O)CCc2ccc(F)cc21. The van der Waals surface area contributed by atoms with Crippen LogP contribution in [0.3, 0.4) is 0 Å². The zero-order chi connectivity index (χ0) is 13.1. The summed E-state index contributed by atoms with van der Waals surface area (Å²) in [5.74, 6) is -0.431. The molecule has 2 N–H and O–H groups in total. The minimum Gasteiger partial charge on any atom is -0.390 e. The average molecular weight is 252 g/mol. The smallest absolute Gasteiger partial charge is 0.227 e. The highest BCUT2D eigenvalue weighted by Gasteiger charge is 2.26. The Morgan fingerprint density at radius 2 is 2.28 bits per heavy atom. The van der Waals surface area contributed by atoms with Gasteiger partial charge in [-0.15, -0.1) is 0 Å². The van der Waals surface area contributed by atoms with Crippen LogP contribution in [-0.2, 0) is 11.2 Å². The summed E-state index contributed by atoms with van der Waals surface area (Å²) in [6.45, 7) is 0.588. The molecule has 0 spiro atoms. The van der Waals surface area contributed by atoms with E-state index in [4.69, 9.17) is 0 Å². The number of aliphatic hydroxyl groups is 1. The number of β-amino-alcohol motifs (C(OH)–C–C–N with tert-alkyl or cyclic N) is 1. The van der Waals surface area contributed by atoms with Crippen molar-refractivity contribution in [2.75, 3.05) is 25.0 Å². The van der Waals surface area contributed by atoms with E-state index in [1.165, 1.54) is 17.0 Å². The maximum Gasteiger partial charge on any atom is 0.227 e. The van der Waals surface area contributed by atoms with Crippen molar-refractivity contribution >= 4 is 11.6 Å². The van der Waals surface area contributed by atoms with Crippen molar-refractivity contribution < 1.29 is 14.3 Å². The monoisotopic (exact) mass is 252 g/mol. The quantitative estimate of drug-likeness (QED) is 0.828. The molecular weight excluding hydrogens is 235 g/mol. The van der Waals surface area contributed by atoms with Crippen molar-refractivity contribution in [3.8, 4) is 0 Å². The number of aryl methyl sites for hydroxylation is 1. The van der Waals surface area contributed by atoms with E-state index in [1.807, 2.05) is 0 Å². The van der Waals surface area contributed by atoms with Crippen LogP contribution in [-0.4, -0.2) is 37.3 Å². The van der Waals surface area contributed by atoms with Gasteiger partial charge in [-0.25, -0.2) is 4.39 Å². The van der Waals surface area contributed by atoms with Gasteiger partial charge in [0.05, 0.1) is 12.6 Å². The topological polar surface area (TPSA) is 52.6 Å². The molecule has 0 saturated carbocycles. The Kier molecular flexibility index (Phi) is 3.93. The molecule has 1 heterocycles. The van der Waals surface area contributed by atoms with E-state index >= 15 is 0 Å². The molecule has 1 unspecified atom stereocenters. The molecule has 0 aliphatic carbocycles. The maximum atomic E-state index is 13.3. The zero-order valence-corrected chi connectivity index (χ0v) is 10.3. The Balaban J connectivity index is 2.24. The van der Waals surface area contributed by atoms with E-state index in [1.54, 1.807) is 13.1 Å². The molecule has 0 saturated heterocycles. The molecule has 1 amide bonds. The first-order valence-corrected chi connectivity index (χ1v) is 6.03. The third-order valence-electron chi connectivity index (χ3n) is 3.08. The number of halogens is 1. The maximum absolute atomic E-state index is 13.3. The van der Waals surface area contributed by atoms with Gasteiger partial charge in [0.25, 0.3) is 0 Å². The van der Waals surface area contributed by atoms with Crippen LogP contribution in [0.15, 0.2) is 18.2 Å². The fraction of sp³-hybridized carbons (Fsp3) is 0.462. The lowest BCUT2D eigenvalue weighted by atomic mass is 10.0. The Morgan fingerprint density at radius 3 is 3.00 bits per heavy atom. The molecule has 1 aliphatic rings. The molecule has 1 aromatic carbocycles. The average Bonchev–Trinajstić information content (AvgIpc) is 2.33. The summed E-state index contributed by atoms with van der Waals surface area (Å²) < 4.78 is 13.3. The minimum absolute atomic E-state index is 0.0664. The Labute approximate surface area is 105 Å². The second kappa shape index (κ2) is 5.46. The largest absolute Gasteiger partial charge is 0.390 e. The lowest BCUT2D eigenvalue weighted by Gasteiger charge is -2.31. The number of carbonyl (C=O) groups excluding carboxylic acids is 1. The summed E-state index contributed by atoms with van der Waals surface area (Å²) in [6, 6.07) is 4.46. The van der Waals surface area contributed by atoms with Crippen LogP contribution in [0.2, 0.25) is 0 Å². The summed E-state index contributed by atoms with van der Waals surface area (Å²) in [7, 11) is 1.73. The number of likely N-dealkylation sites (N-methyl/N-ethyl adjacent to an activating group) is 1. The van der Waals surface area contributed by atoms with Gasteiger partial charge >= 0.3 is 0 Å². The summed E-state index contributed by atoms with van der Waals surface area (Å²) in [5.41, 5.74) is 1.54. The predicted octanol–water partition coefficient (Wildman–Crippen LogP) is 0.685. The van der Waals surface area contributed by atoms with E-state index in [2.05, 4.69) is 5.32 Å². The second-order valence-electron chi connectivity index (χ2n) is 4.49. The van der Waals surface area contributed by atoms with E-state index in [9.17, 15) is 14.3 Å². The first kappa shape index (κ1) is 13.0. The third-order valence-corrected chi connectivity index (χ3v) is 3.08. The van der Waals surface area contributed by atoms with Crippen molar-refractivity contribution in [3.05, 3.63) is 29.6 Å². The normalized spacial score (nSPS) is 16.6. The minimum atomic E-state index is -0.659. The number of hydrogen-bond donors (Lipinski definition) is 2. The van der Waals surface area contributed by atoms with Crippen LogP contribution < -0.4 is 10.2 Å². The molecular formula is C13H17FN2O2. The second-order valence-corrected chi connectivity index (χ2v) is 4.49. The van der Waals surface area contributed by atoms with Gasteiger partial charge in [-0.05, 0) is 31.2 Å². The van der Waals surface area contributed by atoms with Crippen LogP contribution in [0.1, 0.15) is 12.0 Å². The van der Waals surface area contributed by atoms with Crippen molar-refractivity contribution in [3.63, 3.8) is 0 Å². The van der Waals surface area contributed by atoms with Gasteiger partial charge in [-0.1, -0.05) is 6.07 Å². The molecule has 0 bridgehead atoms. The van der Waals surface area contributed by atoms with Gasteiger partial charge in [0.2, 0.25) is 5.91 Å². The van der Waals surface area contributed by atoms with Gasteiger partial charge in [-0.2, -0.15) is 0 Å². The molecule has 0 fully saturated rings. The number of carbonyl (C=O) groups is 1. The molecule has 0 aromatic heterocycles. The number of rotatable bonds is 4. The van der Waals surface area contributed by atoms with Crippen LogP contribution in [0.5, 0.6) is 0 Å². The lowest BCUT2D eigenvalue weighted by Crippen LogP contribution is -2.43. The molecule has 4 nitrogen and oxygen atoms in total. The van der Waals surface area contributed by atoms with Gasteiger partial charge in [-0.3, -0.25) is 4.79 Å². The fourth-order valence-corrected chi connectivity index (χ4v) is 2.22. The van der Waals surface area contributed by atoms with E-state index < -0.39 is 6.10 Å². The number of fused-ring (bicyclic) bond motifs is 1. The number of aliphatic hydroxyl groups excluding tert-OH is 1. The highest BCUT2D eigenvalue weighted by Crippen LogP contribution is 2.28. The van der Waals surface area contributed by atoms with Crippen LogP contribution in [0, 0.1) is 5.82 Å². The molecule has 5 heteroatoms. The Hall–Kier alpha value is -1.46. The van der Waals surface area contributed by atoms with E-state index in [0.717, 1.165) is 5.56 Å². The van der Waals surface area contributed by atoms with Crippen molar-refractivity contribution in [1.29, 1.82) is 0 Å². The predicted molar refractivity (Wildman–Crippen MR) is 67.0 cm³/mol. The summed E-state index contributed by atoms with van der Waals surface area (Å²) in [6.07, 6.45) is 0.381. The Morgan fingerprint density at radius 1 is 1.50 bits per heavy atom. The van der Waals surface area contributed by atoms with Crippen LogP contribution >= 0.6 is 0 Å². The van der Waals surface area contributed by atoms with Gasteiger partial charge < -0.3 is 15.3 Å². The summed E-state index contributed by atoms with van der Waals surface area (Å²) in [5, 5.41) is 12.6. The van der Waals surface area contributed by atoms with Crippen LogP contribution in [0.4, 0.5) is 10.1 Å². The van der Waals surface area contributed by atoms with Crippen molar-refractivity contribution in [2.24, 2.45) is 0 Å². The highest BCUT2D eigenvalue weighted by molar-refractivity contribution is 5.96. The van der Waals surface area contributed by atoms with Gasteiger partial charge in [0.1, 0.15) is 5.82 Å². The number of benzene rings is 1. The number of amides is 1. The number of hydrogen-bond acceptors (Lipinski definition) is 3. The highest BCUT2D eigenvalue weighted by atomic mass is 19.1. The molecule has 1 atom stereocenters. The van der Waals surface area contributed by atoms with Gasteiger partial charge in [0.15, 0.2) is 0 Å². The molecule has 0 radical (unpaired) electrons. The number of anilines is 1. The molecule has 18 heavy (non-hydrogen) atoms. The first-order chi connectivity index (χ1) is 8.61. The van der Waals surface area contributed by atoms with Crippen molar-refractivity contribution in [2.45, 2.75) is 18.9 Å². The van der Waals surface area contributed by atoms with E-state index in [-0.39, 0.29) is 18.3 Å². The molecule has 2 rings (SSSR count). The molecule has 1 aliphatic heterocycles. The van der Waals surface area contributed by atoms with Gasteiger partial charge in [0, 0.05) is 18.7 Å². The number of nitrogens with zero attached hydrogens (tertiary/aromatic N) is 1. The van der Waals surface area contributed by atoms with Crippen molar-refractivity contribution in [1.82, 2.24) is 5.32 Å². The first-order valence-electron chi connectivity index (χ1n) is 6.03. The van der Waals surface area contributed by atoms with Crippen LogP contribution in [0.25, 0.3) is 0 Å². The number of nitrogens with one attached hydrogen (secondary N) is 1. The standard InChI is InChI=1S/C13H17FN2O2/c1-15-7-11(17)8-16-12-6-10(14)4-2-9(12)3-5-13(16)18/h2,4,6,11,15,17H,3,5,7-8H2,1H3. The zero-order valence-electron chi connectivity index (χ0n) is 10.3. The summed E-state index contributed by atoms with van der Waals surface area (Å²) >= 11 is 0. The molecule has 98 valence electrons. The lowest BCUT2D eigenvalue weighted by molar-refractivity contribution is -0.119. The summed E-state index contributed by atoms with van der Waals surface area (Å²) in [4.78, 5) is 13.4. The Bertz CT molecular complexity index is 451. The third kappa shape index (κ3) is 2.68. The molecule has 1 aromatic rings. The fourth-order valence-electron chi connectivity index (χ4n) is 2.22. The van der Waals surface area contributed by atoms with E-state index in [0.29, 0.717) is 25.1 Å².